The van der Waals surface area contributed by atoms with Crippen molar-refractivity contribution in [2.75, 3.05) is 19.8 Å². The maximum absolute atomic E-state index is 5.94. The largest absolute Gasteiger partial charge is 0.486 e. The van der Waals surface area contributed by atoms with E-state index >= 15 is 0 Å². The summed E-state index contributed by atoms with van der Waals surface area (Å²) in [5.41, 5.74) is 8.33. The van der Waals surface area contributed by atoms with Crippen molar-refractivity contribution in [2.24, 2.45) is 5.73 Å². The highest BCUT2D eigenvalue weighted by atomic mass is 16.6. The molecule has 3 heteroatoms. The molecule has 0 bridgehead atoms. The van der Waals surface area contributed by atoms with Crippen LogP contribution in [0.5, 0.6) is 11.5 Å². The van der Waals surface area contributed by atoms with Crippen LogP contribution < -0.4 is 15.2 Å². The molecule has 0 saturated carbocycles. The minimum Gasteiger partial charge on any atom is -0.486 e. The second-order valence-corrected chi connectivity index (χ2v) is 4.60. The molecule has 1 aliphatic heterocycles. The van der Waals surface area contributed by atoms with Gasteiger partial charge in [-0.1, -0.05) is 36.4 Å². The molecule has 0 aliphatic carbocycles. The Balaban J connectivity index is 1.96. The molecule has 1 heterocycles. The number of nitrogens with two attached hydrogens (primary N) is 1. The minimum absolute atomic E-state index is 0.192. The Labute approximate surface area is 113 Å². The van der Waals surface area contributed by atoms with Gasteiger partial charge in [0.15, 0.2) is 11.5 Å². The third-order valence-corrected chi connectivity index (χ3v) is 3.41. The van der Waals surface area contributed by atoms with Crippen molar-refractivity contribution < 1.29 is 9.47 Å². The second kappa shape index (κ2) is 5.33. The fourth-order valence-electron chi connectivity index (χ4n) is 2.43. The predicted octanol–water partition coefficient (Wildman–Crippen LogP) is 2.55. The highest BCUT2D eigenvalue weighted by Gasteiger charge is 2.17. The molecule has 0 amide bonds. The van der Waals surface area contributed by atoms with Gasteiger partial charge in [0.05, 0.1) is 0 Å². The summed E-state index contributed by atoms with van der Waals surface area (Å²) in [4.78, 5) is 0. The van der Waals surface area contributed by atoms with E-state index in [1.165, 1.54) is 5.56 Å². The van der Waals surface area contributed by atoms with Gasteiger partial charge < -0.3 is 15.2 Å². The Morgan fingerprint density at radius 3 is 2.37 bits per heavy atom. The molecule has 0 saturated heterocycles. The van der Waals surface area contributed by atoms with Crippen molar-refractivity contribution in [1.82, 2.24) is 0 Å². The van der Waals surface area contributed by atoms with Crippen molar-refractivity contribution in [1.29, 1.82) is 0 Å². The quantitative estimate of drug-likeness (QED) is 0.916. The number of rotatable bonds is 3. The molecule has 2 aromatic carbocycles. The van der Waals surface area contributed by atoms with Crippen LogP contribution in [0.3, 0.4) is 0 Å². The van der Waals surface area contributed by atoms with Gasteiger partial charge >= 0.3 is 0 Å². The van der Waals surface area contributed by atoms with E-state index in [9.17, 15) is 0 Å². The number of hydrogen-bond donors (Lipinski definition) is 1. The molecule has 1 aliphatic rings. The van der Waals surface area contributed by atoms with E-state index in [-0.39, 0.29) is 5.92 Å². The van der Waals surface area contributed by atoms with Crippen LogP contribution in [-0.2, 0) is 0 Å². The molecule has 1 unspecified atom stereocenters. The van der Waals surface area contributed by atoms with Crippen LogP contribution in [-0.4, -0.2) is 19.8 Å². The van der Waals surface area contributed by atoms with Crippen molar-refractivity contribution in [3.05, 3.63) is 59.7 Å². The molecule has 0 spiro atoms. The highest BCUT2D eigenvalue weighted by molar-refractivity contribution is 5.46. The zero-order valence-corrected chi connectivity index (χ0v) is 10.7. The lowest BCUT2D eigenvalue weighted by Crippen LogP contribution is -2.17. The Kier molecular flexibility index (Phi) is 3.38. The van der Waals surface area contributed by atoms with Crippen LogP contribution >= 0.6 is 0 Å². The fourth-order valence-corrected chi connectivity index (χ4v) is 2.43. The summed E-state index contributed by atoms with van der Waals surface area (Å²) >= 11 is 0. The monoisotopic (exact) mass is 255 g/mol. The average molecular weight is 255 g/mol. The summed E-state index contributed by atoms with van der Waals surface area (Å²) in [5, 5.41) is 0. The first-order valence-corrected chi connectivity index (χ1v) is 6.53. The van der Waals surface area contributed by atoms with E-state index < -0.39 is 0 Å². The van der Waals surface area contributed by atoms with Gasteiger partial charge in [-0.15, -0.1) is 0 Å². The summed E-state index contributed by atoms with van der Waals surface area (Å²) < 4.78 is 11.2. The molecule has 19 heavy (non-hydrogen) atoms. The molecule has 3 nitrogen and oxygen atoms in total. The summed E-state index contributed by atoms with van der Waals surface area (Å²) in [6.45, 7) is 1.80. The summed E-state index contributed by atoms with van der Waals surface area (Å²) in [7, 11) is 0. The molecule has 98 valence electrons. The zero-order chi connectivity index (χ0) is 13.1. The smallest absolute Gasteiger partial charge is 0.161 e. The van der Waals surface area contributed by atoms with Gasteiger partial charge in [0.2, 0.25) is 0 Å². The van der Waals surface area contributed by atoms with E-state index in [0.717, 1.165) is 17.1 Å². The van der Waals surface area contributed by atoms with Crippen LogP contribution in [0.1, 0.15) is 17.0 Å². The third-order valence-electron chi connectivity index (χ3n) is 3.41. The van der Waals surface area contributed by atoms with Gasteiger partial charge in [0, 0.05) is 12.5 Å². The minimum atomic E-state index is 0.192. The molecular formula is C16H17NO2. The summed E-state index contributed by atoms with van der Waals surface area (Å²) in [6, 6.07) is 16.4. The van der Waals surface area contributed by atoms with Gasteiger partial charge in [0.25, 0.3) is 0 Å². The van der Waals surface area contributed by atoms with Crippen molar-refractivity contribution in [3.63, 3.8) is 0 Å². The van der Waals surface area contributed by atoms with Crippen LogP contribution in [0.15, 0.2) is 48.5 Å². The van der Waals surface area contributed by atoms with E-state index in [2.05, 4.69) is 18.2 Å². The van der Waals surface area contributed by atoms with Crippen molar-refractivity contribution >= 4 is 0 Å². The van der Waals surface area contributed by atoms with Crippen LogP contribution in [0.2, 0.25) is 0 Å². The molecule has 2 aromatic rings. The third kappa shape index (κ3) is 2.42. The standard InChI is InChI=1S/C16H17NO2/c17-11-14(12-4-2-1-3-5-12)13-6-7-15-16(10-13)19-9-8-18-15/h1-7,10,14H,8-9,11,17H2. The normalized spacial score (nSPS) is 15.0. The molecule has 0 radical (unpaired) electrons. The lowest BCUT2D eigenvalue weighted by Gasteiger charge is -2.21. The number of ether oxygens (including phenoxy) is 2. The first-order valence-electron chi connectivity index (χ1n) is 6.53. The predicted molar refractivity (Wildman–Crippen MR) is 74.8 cm³/mol. The van der Waals surface area contributed by atoms with Gasteiger partial charge in [-0.25, -0.2) is 0 Å². The Morgan fingerprint density at radius 2 is 1.63 bits per heavy atom. The van der Waals surface area contributed by atoms with Crippen LogP contribution in [0.4, 0.5) is 0 Å². The zero-order valence-electron chi connectivity index (χ0n) is 10.7. The topological polar surface area (TPSA) is 44.5 Å². The van der Waals surface area contributed by atoms with E-state index in [0.29, 0.717) is 19.8 Å². The van der Waals surface area contributed by atoms with E-state index in [1.807, 2.05) is 30.3 Å². The SMILES string of the molecule is NCC(c1ccccc1)c1ccc2c(c1)OCCO2. The second-order valence-electron chi connectivity index (χ2n) is 4.60. The molecule has 1 atom stereocenters. The van der Waals surface area contributed by atoms with E-state index in [4.69, 9.17) is 15.2 Å². The maximum atomic E-state index is 5.94. The molecule has 0 fully saturated rings. The number of hydrogen-bond acceptors (Lipinski definition) is 3. The van der Waals surface area contributed by atoms with Gasteiger partial charge in [0.1, 0.15) is 13.2 Å². The molecule has 0 aromatic heterocycles. The summed E-state index contributed by atoms with van der Waals surface area (Å²) in [6.07, 6.45) is 0. The van der Waals surface area contributed by atoms with E-state index in [1.54, 1.807) is 0 Å². The van der Waals surface area contributed by atoms with Gasteiger partial charge in [-0.05, 0) is 23.3 Å². The lowest BCUT2D eigenvalue weighted by molar-refractivity contribution is 0.171. The Bertz CT molecular complexity index is 554. The van der Waals surface area contributed by atoms with Crippen molar-refractivity contribution in [2.45, 2.75) is 5.92 Å². The molecule has 3 rings (SSSR count). The fraction of sp³-hybridized carbons (Fsp3) is 0.250. The maximum Gasteiger partial charge on any atom is 0.161 e. The number of fused-ring (bicyclic) bond motifs is 1. The first-order chi connectivity index (χ1) is 9.38. The lowest BCUT2D eigenvalue weighted by atomic mass is 9.91. The van der Waals surface area contributed by atoms with Gasteiger partial charge in [-0.3, -0.25) is 0 Å². The van der Waals surface area contributed by atoms with Crippen LogP contribution in [0, 0.1) is 0 Å². The highest BCUT2D eigenvalue weighted by Crippen LogP contribution is 2.34. The molecule has 2 N–H and O–H groups in total. The Morgan fingerprint density at radius 1 is 0.895 bits per heavy atom. The first kappa shape index (κ1) is 12.1. The summed E-state index contributed by atoms with van der Waals surface area (Å²) in [5.74, 6) is 1.83. The van der Waals surface area contributed by atoms with Crippen LogP contribution in [0.25, 0.3) is 0 Å². The van der Waals surface area contributed by atoms with Crippen molar-refractivity contribution in [3.8, 4) is 11.5 Å². The van der Waals surface area contributed by atoms with Gasteiger partial charge in [-0.2, -0.15) is 0 Å². The Hall–Kier alpha value is -2.00. The number of benzene rings is 2. The average Bonchev–Trinajstić information content (AvgIpc) is 2.49. The molecular weight excluding hydrogens is 238 g/mol.